The van der Waals surface area contributed by atoms with Crippen LogP contribution >= 0.6 is 0 Å². The highest BCUT2D eigenvalue weighted by molar-refractivity contribution is 5.77. The van der Waals surface area contributed by atoms with Gasteiger partial charge in [-0.05, 0) is 67.5 Å². The van der Waals surface area contributed by atoms with E-state index in [9.17, 15) is 9.59 Å². The zero-order valence-corrected chi connectivity index (χ0v) is 22.5. The van der Waals surface area contributed by atoms with E-state index < -0.39 is 0 Å². The molecule has 0 saturated carbocycles. The summed E-state index contributed by atoms with van der Waals surface area (Å²) >= 11 is 0. The normalized spacial score (nSPS) is 16.4. The fourth-order valence-electron chi connectivity index (χ4n) is 5.46. The number of methoxy groups -OCH3 is 1. The highest BCUT2D eigenvalue weighted by Gasteiger charge is 2.42. The first-order valence-electron chi connectivity index (χ1n) is 13.7. The number of amides is 2. The molecule has 2 amide bonds. The maximum Gasteiger partial charge on any atom is 0.227 e. The first-order valence-corrected chi connectivity index (χ1v) is 13.7. The van der Waals surface area contributed by atoms with Crippen molar-refractivity contribution in [2.75, 3.05) is 39.9 Å². The second kappa shape index (κ2) is 12.3. The molecular weight excluding hydrogens is 496 g/mol. The van der Waals surface area contributed by atoms with Crippen molar-refractivity contribution in [1.29, 1.82) is 0 Å². The van der Waals surface area contributed by atoms with Gasteiger partial charge in [0.15, 0.2) is 0 Å². The van der Waals surface area contributed by atoms with Crippen LogP contribution in [0.25, 0.3) is 11.4 Å². The first-order chi connectivity index (χ1) is 19.0. The van der Waals surface area contributed by atoms with Crippen LogP contribution in [0.4, 0.5) is 0 Å². The van der Waals surface area contributed by atoms with Crippen LogP contribution in [0.5, 0.6) is 11.5 Å². The molecule has 1 spiro atoms. The van der Waals surface area contributed by atoms with Crippen LogP contribution in [-0.4, -0.2) is 71.7 Å². The average Bonchev–Trinajstić information content (AvgIpc) is 3.63. The van der Waals surface area contributed by atoms with Crippen molar-refractivity contribution in [3.63, 3.8) is 0 Å². The van der Waals surface area contributed by atoms with E-state index in [4.69, 9.17) is 14.0 Å². The van der Waals surface area contributed by atoms with Crippen molar-refractivity contribution in [1.82, 2.24) is 19.9 Å². The number of nitrogens with zero attached hydrogens (tertiary/aromatic N) is 4. The number of aromatic nitrogens is 2. The number of carbonyl (C=O) groups is 2. The predicted octanol–water partition coefficient (Wildman–Crippen LogP) is 4.38. The highest BCUT2D eigenvalue weighted by Crippen LogP contribution is 2.40. The number of para-hydroxylation sites is 1. The Bertz CT molecular complexity index is 1240. The zero-order chi connectivity index (χ0) is 27.1. The van der Waals surface area contributed by atoms with Gasteiger partial charge in [-0.1, -0.05) is 23.4 Å². The summed E-state index contributed by atoms with van der Waals surface area (Å²) in [5.74, 6) is 2.88. The van der Waals surface area contributed by atoms with E-state index in [0.717, 1.165) is 62.5 Å². The SMILES string of the molecule is COc1ccc(-c2noc(CCC(=O)N3CCC4(CCN(C(=O)CCCOc5ccccc5)CC4)C3)n2)cc1. The summed E-state index contributed by atoms with van der Waals surface area (Å²) in [6.45, 7) is 3.59. The lowest BCUT2D eigenvalue weighted by Gasteiger charge is -2.39. The lowest BCUT2D eigenvalue weighted by atomic mass is 9.77. The molecule has 9 heteroatoms. The molecule has 0 bridgehead atoms. The summed E-state index contributed by atoms with van der Waals surface area (Å²) in [6.07, 6.45) is 4.85. The Hall–Kier alpha value is -3.88. The van der Waals surface area contributed by atoms with Gasteiger partial charge in [0, 0.05) is 51.0 Å². The monoisotopic (exact) mass is 532 g/mol. The van der Waals surface area contributed by atoms with Crippen molar-refractivity contribution in [2.24, 2.45) is 5.41 Å². The van der Waals surface area contributed by atoms with E-state index in [1.165, 1.54) is 0 Å². The minimum absolute atomic E-state index is 0.119. The Labute approximate surface area is 229 Å². The van der Waals surface area contributed by atoms with Gasteiger partial charge in [0.05, 0.1) is 13.7 Å². The highest BCUT2D eigenvalue weighted by atomic mass is 16.5. The number of piperidine rings is 1. The maximum absolute atomic E-state index is 13.0. The summed E-state index contributed by atoms with van der Waals surface area (Å²) in [5.41, 5.74) is 0.957. The maximum atomic E-state index is 13.0. The molecule has 2 aliphatic rings. The van der Waals surface area contributed by atoms with Crippen molar-refractivity contribution in [3.8, 4) is 22.9 Å². The molecule has 2 aliphatic heterocycles. The van der Waals surface area contributed by atoms with Crippen LogP contribution in [0.3, 0.4) is 0 Å². The third-order valence-corrected chi connectivity index (χ3v) is 7.88. The summed E-state index contributed by atoms with van der Waals surface area (Å²) < 4.78 is 16.3. The van der Waals surface area contributed by atoms with Crippen LogP contribution < -0.4 is 9.47 Å². The quantitative estimate of drug-likeness (QED) is 0.358. The minimum atomic E-state index is 0.119. The fraction of sp³-hybridized carbons (Fsp3) is 0.467. The van der Waals surface area contributed by atoms with Gasteiger partial charge in [0.2, 0.25) is 23.5 Å². The number of carbonyl (C=O) groups excluding carboxylic acids is 2. The fourth-order valence-corrected chi connectivity index (χ4v) is 5.46. The number of hydrogen-bond donors (Lipinski definition) is 0. The molecular formula is C30H36N4O5. The van der Waals surface area contributed by atoms with Crippen molar-refractivity contribution < 1.29 is 23.6 Å². The van der Waals surface area contributed by atoms with Crippen molar-refractivity contribution in [2.45, 2.75) is 44.9 Å². The first kappa shape index (κ1) is 26.7. The van der Waals surface area contributed by atoms with Crippen LogP contribution in [0.1, 0.15) is 44.4 Å². The number of ether oxygens (including phenoxy) is 2. The van der Waals surface area contributed by atoms with Gasteiger partial charge in [-0.3, -0.25) is 9.59 Å². The van der Waals surface area contributed by atoms with Gasteiger partial charge in [-0.25, -0.2) is 0 Å². The smallest absolute Gasteiger partial charge is 0.227 e. The third-order valence-electron chi connectivity index (χ3n) is 7.88. The molecule has 0 aliphatic carbocycles. The van der Waals surface area contributed by atoms with E-state index in [2.05, 4.69) is 10.1 Å². The lowest BCUT2D eigenvalue weighted by molar-refractivity contribution is -0.135. The Kier molecular flexibility index (Phi) is 8.44. The molecule has 39 heavy (non-hydrogen) atoms. The van der Waals surface area contributed by atoms with Gasteiger partial charge >= 0.3 is 0 Å². The van der Waals surface area contributed by atoms with Gasteiger partial charge in [0.1, 0.15) is 11.5 Å². The molecule has 0 N–H and O–H groups in total. The van der Waals surface area contributed by atoms with Gasteiger partial charge in [-0.15, -0.1) is 0 Å². The molecule has 206 valence electrons. The number of benzene rings is 2. The molecule has 2 aromatic carbocycles. The van der Waals surface area contributed by atoms with Crippen LogP contribution in [0.15, 0.2) is 59.1 Å². The number of likely N-dealkylation sites (tertiary alicyclic amines) is 2. The minimum Gasteiger partial charge on any atom is -0.497 e. The third kappa shape index (κ3) is 6.77. The lowest BCUT2D eigenvalue weighted by Crippen LogP contribution is -2.44. The van der Waals surface area contributed by atoms with Crippen molar-refractivity contribution in [3.05, 3.63) is 60.5 Å². The van der Waals surface area contributed by atoms with E-state index in [0.29, 0.717) is 44.0 Å². The molecule has 0 unspecified atom stereocenters. The van der Waals surface area contributed by atoms with E-state index in [1.807, 2.05) is 64.4 Å². The second-order valence-corrected chi connectivity index (χ2v) is 10.5. The summed E-state index contributed by atoms with van der Waals surface area (Å²) in [5, 5.41) is 4.05. The molecule has 9 nitrogen and oxygen atoms in total. The van der Waals surface area contributed by atoms with Gasteiger partial charge in [0.25, 0.3) is 0 Å². The zero-order valence-electron chi connectivity index (χ0n) is 22.5. The second-order valence-electron chi connectivity index (χ2n) is 10.5. The number of rotatable bonds is 10. The Balaban J connectivity index is 1.02. The van der Waals surface area contributed by atoms with E-state index >= 15 is 0 Å². The molecule has 0 radical (unpaired) electrons. The molecule has 1 aromatic heterocycles. The standard InChI is InChI=1S/C30H36N4O5/c1-37-24-11-9-23(10-12-24)29-31-26(39-32-29)13-14-28(36)34-20-17-30(22-34)15-18-33(19-16-30)27(35)8-5-21-38-25-6-3-2-4-7-25/h2-4,6-7,9-12H,5,8,13-22H2,1H3. The molecule has 3 heterocycles. The molecule has 2 saturated heterocycles. The number of hydrogen-bond acceptors (Lipinski definition) is 7. The van der Waals surface area contributed by atoms with Crippen LogP contribution in [-0.2, 0) is 16.0 Å². The Morgan fingerprint density at radius 2 is 1.59 bits per heavy atom. The Morgan fingerprint density at radius 1 is 0.897 bits per heavy atom. The predicted molar refractivity (Wildman–Crippen MR) is 145 cm³/mol. The largest absolute Gasteiger partial charge is 0.497 e. The summed E-state index contributed by atoms with van der Waals surface area (Å²) in [6, 6.07) is 17.1. The Morgan fingerprint density at radius 3 is 2.31 bits per heavy atom. The van der Waals surface area contributed by atoms with Gasteiger partial charge in [-0.2, -0.15) is 4.98 Å². The van der Waals surface area contributed by atoms with Crippen LogP contribution in [0, 0.1) is 5.41 Å². The average molecular weight is 533 g/mol. The van der Waals surface area contributed by atoms with Gasteiger partial charge < -0.3 is 23.8 Å². The number of aryl methyl sites for hydroxylation is 1. The van der Waals surface area contributed by atoms with E-state index in [-0.39, 0.29) is 17.2 Å². The van der Waals surface area contributed by atoms with Crippen molar-refractivity contribution >= 4 is 11.8 Å². The molecule has 3 aromatic rings. The topological polar surface area (TPSA) is 98.0 Å². The molecule has 2 fully saturated rings. The van der Waals surface area contributed by atoms with Crippen LogP contribution in [0.2, 0.25) is 0 Å². The van der Waals surface area contributed by atoms with E-state index in [1.54, 1.807) is 7.11 Å². The summed E-state index contributed by atoms with van der Waals surface area (Å²) in [7, 11) is 1.62. The molecule has 0 atom stereocenters. The summed E-state index contributed by atoms with van der Waals surface area (Å²) in [4.78, 5) is 34.1. The molecule has 5 rings (SSSR count).